The van der Waals surface area contributed by atoms with Gasteiger partial charge in [-0.1, -0.05) is 36.4 Å². The van der Waals surface area contributed by atoms with Gasteiger partial charge in [-0.3, -0.25) is 0 Å². The van der Waals surface area contributed by atoms with E-state index in [1.54, 1.807) is 0 Å². The first-order valence-corrected chi connectivity index (χ1v) is 5.09. The number of nitriles is 1. The average molecular weight is 206 g/mol. The van der Waals surface area contributed by atoms with Gasteiger partial charge in [0.15, 0.2) is 0 Å². The van der Waals surface area contributed by atoms with E-state index >= 15 is 0 Å². The third-order valence-corrected chi connectivity index (χ3v) is 2.12. The molecule has 0 spiro atoms. The van der Waals surface area contributed by atoms with Gasteiger partial charge in [0.2, 0.25) is 0 Å². The van der Waals surface area contributed by atoms with Gasteiger partial charge >= 0.3 is 0 Å². The van der Waals surface area contributed by atoms with Crippen molar-refractivity contribution < 1.29 is 0 Å². The highest BCUT2D eigenvalue weighted by molar-refractivity contribution is 6.17. The van der Waals surface area contributed by atoms with Gasteiger partial charge in [0.1, 0.15) is 0 Å². The van der Waals surface area contributed by atoms with Crippen LogP contribution >= 0.6 is 11.6 Å². The molecule has 0 heterocycles. The molecular formula is C12H12ClN. The van der Waals surface area contributed by atoms with Crippen molar-refractivity contribution >= 4 is 17.7 Å². The number of hydrogen-bond acceptors (Lipinski definition) is 1. The number of nitrogens with zero attached hydrogens (tertiary/aromatic N) is 1. The monoisotopic (exact) mass is 205 g/mol. The molecule has 1 rings (SSSR count). The molecule has 1 nitrogen and oxygen atoms in total. The topological polar surface area (TPSA) is 23.8 Å². The lowest BCUT2D eigenvalue weighted by molar-refractivity contribution is 1.23. The SMILES string of the molecule is N#CCc1ccccc1C=CCCCl. The van der Waals surface area contributed by atoms with Crippen molar-refractivity contribution in [2.75, 3.05) is 5.88 Å². The summed E-state index contributed by atoms with van der Waals surface area (Å²) in [5.74, 6) is 0.636. The number of halogens is 1. The van der Waals surface area contributed by atoms with E-state index in [1.165, 1.54) is 0 Å². The van der Waals surface area contributed by atoms with Gasteiger partial charge < -0.3 is 0 Å². The van der Waals surface area contributed by atoms with E-state index in [0.717, 1.165) is 17.5 Å². The minimum absolute atomic E-state index is 0.460. The molecule has 0 unspecified atom stereocenters. The molecule has 0 bridgehead atoms. The number of rotatable bonds is 4. The lowest BCUT2D eigenvalue weighted by atomic mass is 10.0. The van der Waals surface area contributed by atoms with Crippen molar-refractivity contribution in [2.24, 2.45) is 0 Å². The summed E-state index contributed by atoms with van der Waals surface area (Å²) in [5, 5.41) is 8.62. The van der Waals surface area contributed by atoms with Crippen LogP contribution < -0.4 is 0 Å². The molecule has 0 aliphatic heterocycles. The zero-order valence-electron chi connectivity index (χ0n) is 7.91. The molecule has 0 N–H and O–H groups in total. The normalized spacial score (nSPS) is 10.3. The Morgan fingerprint density at radius 2 is 2.14 bits per heavy atom. The number of benzene rings is 1. The largest absolute Gasteiger partial charge is 0.198 e. The quantitative estimate of drug-likeness (QED) is 0.692. The average Bonchev–Trinajstić information content (AvgIpc) is 2.21. The highest BCUT2D eigenvalue weighted by Crippen LogP contribution is 2.11. The molecule has 0 aliphatic carbocycles. The second-order valence-corrected chi connectivity index (χ2v) is 3.29. The minimum Gasteiger partial charge on any atom is -0.198 e. The third kappa shape index (κ3) is 3.24. The zero-order valence-corrected chi connectivity index (χ0v) is 8.67. The molecule has 0 saturated carbocycles. The van der Waals surface area contributed by atoms with Crippen LogP contribution in [0.2, 0.25) is 0 Å². The summed E-state index contributed by atoms with van der Waals surface area (Å²) in [4.78, 5) is 0. The fourth-order valence-electron chi connectivity index (χ4n) is 1.22. The summed E-state index contributed by atoms with van der Waals surface area (Å²) in [5.41, 5.74) is 2.18. The first kappa shape index (κ1) is 10.8. The van der Waals surface area contributed by atoms with Crippen molar-refractivity contribution in [3.05, 3.63) is 41.5 Å². The van der Waals surface area contributed by atoms with E-state index in [-0.39, 0.29) is 0 Å². The molecule has 14 heavy (non-hydrogen) atoms. The molecule has 0 saturated heterocycles. The second kappa shape index (κ2) is 6.23. The summed E-state index contributed by atoms with van der Waals surface area (Å²) in [7, 11) is 0. The van der Waals surface area contributed by atoms with E-state index in [9.17, 15) is 0 Å². The van der Waals surface area contributed by atoms with Crippen molar-refractivity contribution in [2.45, 2.75) is 12.8 Å². The Hall–Kier alpha value is -1.26. The van der Waals surface area contributed by atoms with Crippen LogP contribution in [0.25, 0.3) is 6.08 Å². The van der Waals surface area contributed by atoms with Gasteiger partial charge in [-0.25, -0.2) is 0 Å². The maximum absolute atomic E-state index is 8.62. The fourth-order valence-corrected chi connectivity index (χ4v) is 1.34. The van der Waals surface area contributed by atoms with E-state index in [0.29, 0.717) is 12.3 Å². The van der Waals surface area contributed by atoms with Gasteiger partial charge in [0.25, 0.3) is 0 Å². The van der Waals surface area contributed by atoms with Crippen LogP contribution in [0.5, 0.6) is 0 Å². The van der Waals surface area contributed by atoms with Gasteiger partial charge in [0.05, 0.1) is 12.5 Å². The number of allylic oxidation sites excluding steroid dienone is 1. The van der Waals surface area contributed by atoms with Crippen molar-refractivity contribution in [1.29, 1.82) is 5.26 Å². The van der Waals surface area contributed by atoms with Gasteiger partial charge in [0, 0.05) is 5.88 Å². The maximum atomic E-state index is 8.62. The first-order valence-electron chi connectivity index (χ1n) is 4.56. The molecule has 0 atom stereocenters. The predicted molar refractivity (Wildman–Crippen MR) is 60.1 cm³/mol. The second-order valence-electron chi connectivity index (χ2n) is 2.91. The van der Waals surface area contributed by atoms with E-state index in [4.69, 9.17) is 16.9 Å². The van der Waals surface area contributed by atoms with Gasteiger partial charge in [-0.05, 0) is 17.5 Å². The molecule has 0 radical (unpaired) electrons. The van der Waals surface area contributed by atoms with E-state index in [1.807, 2.05) is 36.4 Å². The Kier molecular flexibility index (Phi) is 4.82. The Labute approximate surface area is 89.6 Å². The standard InChI is InChI=1S/C12H12ClN/c13-9-4-3-7-11-5-1-2-6-12(11)8-10-14/h1-3,5-7H,4,8-9H2. The first-order chi connectivity index (χ1) is 6.88. The lowest BCUT2D eigenvalue weighted by Gasteiger charge is -2.00. The summed E-state index contributed by atoms with van der Waals surface area (Å²) in [6.07, 6.45) is 5.38. The zero-order chi connectivity index (χ0) is 10.2. The van der Waals surface area contributed by atoms with Gasteiger partial charge in [-0.15, -0.1) is 11.6 Å². The summed E-state index contributed by atoms with van der Waals surface area (Å²) >= 11 is 5.57. The Morgan fingerprint density at radius 3 is 2.86 bits per heavy atom. The number of hydrogen-bond donors (Lipinski definition) is 0. The molecule has 0 aliphatic rings. The smallest absolute Gasteiger partial charge is 0.0669 e. The van der Waals surface area contributed by atoms with Crippen LogP contribution in [-0.2, 0) is 6.42 Å². The highest BCUT2D eigenvalue weighted by atomic mass is 35.5. The van der Waals surface area contributed by atoms with Crippen molar-refractivity contribution in [1.82, 2.24) is 0 Å². The summed E-state index contributed by atoms with van der Waals surface area (Å²) in [6.45, 7) is 0. The maximum Gasteiger partial charge on any atom is 0.0669 e. The van der Waals surface area contributed by atoms with Crippen molar-refractivity contribution in [3.8, 4) is 6.07 Å². The lowest BCUT2D eigenvalue weighted by Crippen LogP contribution is -1.85. The molecule has 1 aromatic carbocycles. The Balaban J connectivity index is 2.79. The molecule has 72 valence electrons. The van der Waals surface area contributed by atoms with Crippen LogP contribution in [0.3, 0.4) is 0 Å². The van der Waals surface area contributed by atoms with Crippen LogP contribution in [0.4, 0.5) is 0 Å². The Morgan fingerprint density at radius 1 is 1.36 bits per heavy atom. The highest BCUT2D eigenvalue weighted by Gasteiger charge is 1.96. The van der Waals surface area contributed by atoms with Crippen molar-refractivity contribution in [3.63, 3.8) is 0 Å². The number of alkyl halides is 1. The Bertz CT molecular complexity index is 350. The molecule has 1 aromatic rings. The minimum atomic E-state index is 0.460. The molecule has 0 fully saturated rings. The molecule has 0 amide bonds. The summed E-state index contributed by atoms with van der Waals surface area (Å²) in [6, 6.07) is 10.1. The van der Waals surface area contributed by atoms with E-state index < -0.39 is 0 Å². The van der Waals surface area contributed by atoms with Crippen LogP contribution in [0, 0.1) is 11.3 Å². The third-order valence-electron chi connectivity index (χ3n) is 1.90. The van der Waals surface area contributed by atoms with Gasteiger partial charge in [-0.2, -0.15) is 5.26 Å². The van der Waals surface area contributed by atoms with E-state index in [2.05, 4.69) is 6.07 Å². The molecule has 0 aromatic heterocycles. The van der Waals surface area contributed by atoms with Crippen LogP contribution in [0.1, 0.15) is 17.5 Å². The van der Waals surface area contributed by atoms with Crippen LogP contribution in [-0.4, -0.2) is 5.88 Å². The fraction of sp³-hybridized carbons (Fsp3) is 0.250. The molecular weight excluding hydrogens is 194 g/mol. The summed E-state index contributed by atoms with van der Waals surface area (Å²) < 4.78 is 0. The molecule has 2 heteroatoms. The van der Waals surface area contributed by atoms with Crippen LogP contribution in [0.15, 0.2) is 30.3 Å². The predicted octanol–water partition coefficient (Wildman–Crippen LogP) is 3.39.